The number of amidine groups is 1. The maximum Gasteiger partial charge on any atom is 0.353 e. The fourth-order valence-corrected chi connectivity index (χ4v) is 4.40. The third-order valence-corrected chi connectivity index (χ3v) is 6.41. The van der Waals surface area contributed by atoms with Crippen LogP contribution in [0.3, 0.4) is 0 Å². The molecule has 8 nitrogen and oxygen atoms in total. The number of benzene rings is 1. The fourth-order valence-electron chi connectivity index (χ4n) is 3.38. The number of esters is 1. The molecule has 1 aromatic carbocycles. The molecule has 0 unspecified atom stereocenters. The molecule has 0 atom stereocenters. The SMILES string of the molecule is CCC(CC)(Cc1ccc(C(=O)Oc2ccc(C(=N)N)cc2F)s1)C(=O)N(C)CC(=O)O.Cl. The number of carboxylic acid groups (broad SMARTS) is 1. The van der Waals surface area contributed by atoms with Gasteiger partial charge in [0.25, 0.3) is 0 Å². The quantitative estimate of drug-likeness (QED) is 0.197. The van der Waals surface area contributed by atoms with E-state index in [0.29, 0.717) is 19.3 Å². The lowest BCUT2D eigenvalue weighted by Crippen LogP contribution is -2.44. The number of rotatable bonds is 10. The lowest BCUT2D eigenvalue weighted by Gasteiger charge is -2.33. The minimum Gasteiger partial charge on any atom is -0.480 e. The van der Waals surface area contributed by atoms with E-state index in [1.54, 1.807) is 12.1 Å². The Bertz CT molecular complexity index is 1040. The monoisotopic (exact) mass is 499 g/mol. The van der Waals surface area contributed by atoms with Crippen LogP contribution < -0.4 is 10.5 Å². The Kier molecular flexibility index (Phi) is 10.00. The van der Waals surface area contributed by atoms with Crippen LogP contribution in [0.4, 0.5) is 4.39 Å². The zero-order valence-electron chi connectivity index (χ0n) is 18.5. The Morgan fingerprint density at radius 3 is 2.36 bits per heavy atom. The Labute approximate surface area is 201 Å². The van der Waals surface area contributed by atoms with Crippen LogP contribution in [0, 0.1) is 16.6 Å². The Hall–Kier alpha value is -2.98. The van der Waals surface area contributed by atoms with Crippen molar-refractivity contribution in [1.82, 2.24) is 4.90 Å². The molecule has 2 rings (SSSR count). The van der Waals surface area contributed by atoms with Gasteiger partial charge in [0.2, 0.25) is 5.91 Å². The highest BCUT2D eigenvalue weighted by molar-refractivity contribution is 7.14. The molecule has 0 aliphatic rings. The molecule has 2 aromatic rings. The van der Waals surface area contributed by atoms with Gasteiger partial charge in [0.05, 0.1) is 5.41 Å². The zero-order valence-corrected chi connectivity index (χ0v) is 20.1. The summed E-state index contributed by atoms with van der Waals surface area (Å²) in [5, 5.41) is 16.3. The van der Waals surface area contributed by atoms with E-state index in [1.165, 1.54) is 24.1 Å². The standard InChI is InChI=1S/C22H26FN3O5S.ClH/c1-4-22(5-2,21(30)26(3)12-18(27)28)11-14-7-9-17(32-14)20(29)31-16-8-6-13(19(24)25)10-15(16)23;/h6-10H,4-5,11-12H2,1-3H3,(H3,24,25)(H,27,28);1H. The highest BCUT2D eigenvalue weighted by Crippen LogP contribution is 2.35. The molecule has 0 bridgehead atoms. The van der Waals surface area contributed by atoms with E-state index in [1.807, 2.05) is 13.8 Å². The first-order chi connectivity index (χ1) is 15.0. The van der Waals surface area contributed by atoms with Crippen molar-refractivity contribution in [3.8, 4) is 5.75 Å². The Balaban J connectivity index is 0.00000544. The number of nitrogens with two attached hydrogens (primary N) is 1. The van der Waals surface area contributed by atoms with Gasteiger partial charge in [-0.25, -0.2) is 9.18 Å². The molecule has 33 heavy (non-hydrogen) atoms. The Morgan fingerprint density at radius 2 is 1.85 bits per heavy atom. The molecule has 0 aliphatic carbocycles. The van der Waals surface area contributed by atoms with Crippen LogP contribution in [0.25, 0.3) is 0 Å². The number of hydrogen-bond acceptors (Lipinski definition) is 6. The van der Waals surface area contributed by atoms with Crippen LogP contribution in [-0.4, -0.2) is 47.3 Å². The van der Waals surface area contributed by atoms with Gasteiger partial charge >= 0.3 is 11.9 Å². The smallest absolute Gasteiger partial charge is 0.353 e. The van der Waals surface area contributed by atoms with Crippen LogP contribution in [0.1, 0.15) is 46.8 Å². The maximum atomic E-state index is 14.2. The molecule has 1 amide bonds. The van der Waals surface area contributed by atoms with Gasteiger partial charge in [-0.3, -0.25) is 15.0 Å². The number of carbonyl (C=O) groups excluding carboxylic acids is 2. The average molecular weight is 500 g/mol. The van der Waals surface area contributed by atoms with Gasteiger partial charge in [-0.2, -0.15) is 0 Å². The minimum atomic E-state index is -1.09. The molecular formula is C22H27ClFN3O5S. The van der Waals surface area contributed by atoms with E-state index in [9.17, 15) is 18.8 Å². The van der Waals surface area contributed by atoms with Crippen LogP contribution in [0.5, 0.6) is 5.75 Å². The molecule has 0 aliphatic heterocycles. The molecule has 4 N–H and O–H groups in total. The highest BCUT2D eigenvalue weighted by atomic mass is 35.5. The van der Waals surface area contributed by atoms with Crippen molar-refractivity contribution >= 4 is 47.4 Å². The van der Waals surface area contributed by atoms with Crippen molar-refractivity contribution in [3.05, 3.63) is 51.5 Å². The van der Waals surface area contributed by atoms with Crippen molar-refractivity contribution in [1.29, 1.82) is 5.41 Å². The molecule has 0 spiro atoms. The number of carbonyl (C=O) groups is 3. The van der Waals surface area contributed by atoms with Gasteiger partial charge in [0.1, 0.15) is 17.3 Å². The molecule has 1 aromatic heterocycles. The summed E-state index contributed by atoms with van der Waals surface area (Å²) in [6.07, 6.45) is 1.33. The number of thiophene rings is 1. The summed E-state index contributed by atoms with van der Waals surface area (Å²) < 4.78 is 19.3. The summed E-state index contributed by atoms with van der Waals surface area (Å²) in [5.41, 5.74) is 4.69. The van der Waals surface area contributed by atoms with E-state index in [0.717, 1.165) is 22.3 Å². The lowest BCUT2D eigenvalue weighted by atomic mass is 9.77. The number of hydrogen-bond donors (Lipinski definition) is 3. The van der Waals surface area contributed by atoms with Crippen LogP contribution in [0.15, 0.2) is 30.3 Å². The minimum absolute atomic E-state index is 0. The molecule has 1 heterocycles. The first-order valence-electron chi connectivity index (χ1n) is 9.95. The molecular weight excluding hydrogens is 473 g/mol. The van der Waals surface area contributed by atoms with Gasteiger partial charge in [0, 0.05) is 17.5 Å². The van der Waals surface area contributed by atoms with Gasteiger partial charge in [-0.15, -0.1) is 23.7 Å². The molecule has 0 radical (unpaired) electrons. The van der Waals surface area contributed by atoms with Crippen molar-refractivity contribution in [2.24, 2.45) is 11.1 Å². The van der Waals surface area contributed by atoms with Gasteiger partial charge in [0.15, 0.2) is 11.6 Å². The predicted molar refractivity (Wildman–Crippen MR) is 126 cm³/mol. The first kappa shape index (κ1) is 28.1. The summed E-state index contributed by atoms with van der Waals surface area (Å²) in [6, 6.07) is 6.88. The van der Waals surface area contributed by atoms with Crippen molar-refractivity contribution in [2.75, 3.05) is 13.6 Å². The Morgan fingerprint density at radius 1 is 1.21 bits per heavy atom. The largest absolute Gasteiger partial charge is 0.480 e. The number of nitrogen functional groups attached to an aromatic ring is 1. The number of nitrogens with zero attached hydrogens (tertiary/aromatic N) is 1. The molecule has 180 valence electrons. The fraction of sp³-hybridized carbons (Fsp3) is 0.364. The van der Waals surface area contributed by atoms with Crippen LogP contribution in [0.2, 0.25) is 0 Å². The zero-order chi connectivity index (χ0) is 24.1. The van der Waals surface area contributed by atoms with Crippen LogP contribution in [-0.2, 0) is 16.0 Å². The number of ether oxygens (including phenoxy) is 1. The topological polar surface area (TPSA) is 134 Å². The lowest BCUT2D eigenvalue weighted by molar-refractivity contribution is -0.149. The number of amides is 1. The number of carboxylic acids is 1. The third-order valence-electron chi connectivity index (χ3n) is 5.35. The van der Waals surface area contributed by atoms with Crippen molar-refractivity contribution in [3.63, 3.8) is 0 Å². The second-order valence-electron chi connectivity index (χ2n) is 7.43. The number of halogens is 2. The van der Waals surface area contributed by atoms with E-state index < -0.39 is 29.7 Å². The number of nitrogens with one attached hydrogen (secondary N) is 1. The summed E-state index contributed by atoms with van der Waals surface area (Å²) in [6.45, 7) is 3.34. The first-order valence-corrected chi connectivity index (χ1v) is 10.8. The van der Waals surface area contributed by atoms with Crippen molar-refractivity contribution < 1.29 is 28.6 Å². The molecule has 11 heteroatoms. The summed E-state index contributed by atoms with van der Waals surface area (Å²) in [4.78, 5) is 38.6. The van der Waals surface area contributed by atoms with Crippen molar-refractivity contribution in [2.45, 2.75) is 33.1 Å². The maximum absolute atomic E-state index is 14.2. The summed E-state index contributed by atoms with van der Waals surface area (Å²) >= 11 is 1.14. The second-order valence-corrected chi connectivity index (χ2v) is 8.60. The second kappa shape index (κ2) is 11.8. The normalized spacial score (nSPS) is 10.8. The van der Waals surface area contributed by atoms with Crippen LogP contribution >= 0.6 is 23.7 Å². The molecule has 0 saturated carbocycles. The number of likely N-dealkylation sites (N-methyl/N-ethyl adjacent to an activating group) is 1. The van der Waals surface area contributed by atoms with Gasteiger partial charge < -0.3 is 20.5 Å². The van der Waals surface area contributed by atoms with E-state index in [2.05, 4.69) is 0 Å². The molecule has 0 fully saturated rings. The van der Waals surface area contributed by atoms with E-state index >= 15 is 0 Å². The highest BCUT2D eigenvalue weighted by Gasteiger charge is 2.38. The number of aliphatic carboxylic acids is 1. The third kappa shape index (κ3) is 6.75. The van der Waals surface area contributed by atoms with E-state index in [4.69, 9.17) is 21.0 Å². The molecule has 0 saturated heterocycles. The average Bonchev–Trinajstić information content (AvgIpc) is 3.20. The van der Waals surface area contributed by atoms with E-state index in [-0.39, 0.29) is 40.3 Å². The predicted octanol–water partition coefficient (Wildman–Crippen LogP) is 3.70. The summed E-state index contributed by atoms with van der Waals surface area (Å²) in [5.74, 6) is -3.50. The van der Waals surface area contributed by atoms with Gasteiger partial charge in [-0.1, -0.05) is 13.8 Å². The van der Waals surface area contributed by atoms with Gasteiger partial charge in [-0.05, 0) is 49.6 Å². The summed E-state index contributed by atoms with van der Waals surface area (Å²) in [7, 11) is 1.46.